The number of aliphatic carboxylic acids is 1. The van der Waals surface area contributed by atoms with Crippen LogP contribution >= 0.6 is 0 Å². The molecule has 0 saturated carbocycles. The molecule has 0 spiro atoms. The van der Waals surface area contributed by atoms with Gasteiger partial charge in [-0.25, -0.2) is 4.21 Å². The molecule has 0 radical (unpaired) electrons. The van der Waals surface area contributed by atoms with E-state index in [1.807, 2.05) is 0 Å². The van der Waals surface area contributed by atoms with E-state index in [-0.39, 0.29) is 10.5 Å². The van der Waals surface area contributed by atoms with Crippen molar-refractivity contribution >= 4 is 22.8 Å². The van der Waals surface area contributed by atoms with E-state index in [4.69, 9.17) is 15.4 Å². The third-order valence-electron chi connectivity index (χ3n) is 2.41. The molecule has 1 rings (SSSR count). The Balaban J connectivity index is 3.08. The smallest absolute Gasteiger partial charge is 0.305 e. The van der Waals surface area contributed by atoms with Crippen LogP contribution in [-0.2, 0) is 15.9 Å². The number of carboxylic acid groups (broad SMARTS) is 1. The summed E-state index contributed by atoms with van der Waals surface area (Å²) in [6.45, 7) is 1.64. The highest BCUT2D eigenvalue weighted by Crippen LogP contribution is 2.16. The SMILES string of the molecule is Cc1ccc(S(=O)O)cc1C(=O)[C@@H](N)CC(=O)O. The van der Waals surface area contributed by atoms with Crippen LogP contribution in [0.4, 0.5) is 0 Å². The van der Waals surface area contributed by atoms with Crippen LogP contribution in [0.5, 0.6) is 0 Å². The lowest BCUT2D eigenvalue weighted by Gasteiger charge is -2.11. The van der Waals surface area contributed by atoms with Crippen molar-refractivity contribution in [1.29, 1.82) is 0 Å². The minimum atomic E-state index is -2.20. The van der Waals surface area contributed by atoms with Crippen molar-refractivity contribution in [1.82, 2.24) is 0 Å². The van der Waals surface area contributed by atoms with Gasteiger partial charge in [-0.3, -0.25) is 9.59 Å². The molecule has 6 nitrogen and oxygen atoms in total. The number of nitrogens with two attached hydrogens (primary N) is 1. The van der Waals surface area contributed by atoms with Gasteiger partial charge < -0.3 is 15.4 Å². The van der Waals surface area contributed by atoms with E-state index in [1.165, 1.54) is 18.2 Å². The van der Waals surface area contributed by atoms with Crippen molar-refractivity contribution in [3.05, 3.63) is 29.3 Å². The Bertz CT molecular complexity index is 514. The van der Waals surface area contributed by atoms with Gasteiger partial charge in [-0.15, -0.1) is 0 Å². The molecule has 0 saturated heterocycles. The summed E-state index contributed by atoms with van der Waals surface area (Å²) < 4.78 is 19.8. The number of carbonyl (C=O) groups excluding carboxylic acids is 1. The number of carbonyl (C=O) groups is 2. The number of Topliss-reactive ketones (excluding diaryl/α,β-unsaturated/α-hetero) is 1. The Labute approximate surface area is 106 Å². The molecular weight excluding hydrogens is 258 g/mol. The fourth-order valence-corrected chi connectivity index (χ4v) is 1.86. The van der Waals surface area contributed by atoms with Crippen molar-refractivity contribution in [3.8, 4) is 0 Å². The molecule has 0 aliphatic heterocycles. The highest BCUT2D eigenvalue weighted by atomic mass is 32.2. The third-order valence-corrected chi connectivity index (χ3v) is 3.06. The summed E-state index contributed by atoms with van der Waals surface area (Å²) in [6, 6.07) is 3.04. The number of aryl methyl sites for hydroxylation is 1. The minimum absolute atomic E-state index is 0.0754. The standard InChI is InChI=1S/C11H13NO5S/c1-6-2-3-7(18(16)17)4-8(6)11(15)9(12)5-10(13)14/h2-4,9H,5,12H2,1H3,(H,13,14)(H,16,17)/t9-/m0/s1. The van der Waals surface area contributed by atoms with Gasteiger partial charge in [-0.1, -0.05) is 6.07 Å². The second kappa shape index (κ2) is 5.85. The summed E-state index contributed by atoms with van der Waals surface area (Å²) >= 11 is -2.20. The largest absolute Gasteiger partial charge is 0.481 e. The first-order valence-electron chi connectivity index (χ1n) is 5.06. The molecule has 18 heavy (non-hydrogen) atoms. The normalized spacial score (nSPS) is 13.9. The molecular formula is C11H13NO5S. The zero-order valence-corrected chi connectivity index (χ0v) is 10.4. The van der Waals surface area contributed by atoms with Gasteiger partial charge in [0.15, 0.2) is 16.9 Å². The lowest BCUT2D eigenvalue weighted by atomic mass is 9.98. The van der Waals surface area contributed by atoms with Crippen LogP contribution in [0.3, 0.4) is 0 Å². The van der Waals surface area contributed by atoms with E-state index < -0.39 is 35.3 Å². The van der Waals surface area contributed by atoms with Crippen molar-refractivity contribution in [2.24, 2.45) is 5.73 Å². The summed E-state index contributed by atoms with van der Waals surface area (Å²) in [5.74, 6) is -1.72. The molecule has 0 bridgehead atoms. The molecule has 0 aliphatic rings. The second-order valence-electron chi connectivity index (χ2n) is 3.79. The number of ketones is 1. The molecule has 7 heteroatoms. The Morgan fingerprint density at radius 3 is 2.56 bits per heavy atom. The molecule has 98 valence electrons. The van der Waals surface area contributed by atoms with Gasteiger partial charge in [0, 0.05) is 5.56 Å². The quantitative estimate of drug-likeness (QED) is 0.532. The van der Waals surface area contributed by atoms with Gasteiger partial charge in [-0.05, 0) is 24.6 Å². The predicted molar refractivity (Wildman–Crippen MR) is 64.8 cm³/mol. The van der Waals surface area contributed by atoms with Crippen LogP contribution in [0.1, 0.15) is 22.3 Å². The lowest BCUT2D eigenvalue weighted by Crippen LogP contribution is -2.33. The van der Waals surface area contributed by atoms with E-state index in [2.05, 4.69) is 0 Å². The van der Waals surface area contributed by atoms with Crippen molar-refractivity contribution in [2.45, 2.75) is 24.3 Å². The van der Waals surface area contributed by atoms with E-state index in [0.717, 1.165) is 0 Å². The first-order valence-corrected chi connectivity index (χ1v) is 6.16. The van der Waals surface area contributed by atoms with Gasteiger partial charge in [0.1, 0.15) is 0 Å². The lowest BCUT2D eigenvalue weighted by molar-refractivity contribution is -0.137. The topological polar surface area (TPSA) is 118 Å². The fourth-order valence-electron chi connectivity index (χ4n) is 1.46. The van der Waals surface area contributed by atoms with Crippen LogP contribution in [0.2, 0.25) is 0 Å². The molecule has 0 fully saturated rings. The molecule has 0 aromatic heterocycles. The zero-order valence-electron chi connectivity index (χ0n) is 9.62. The molecule has 0 heterocycles. The van der Waals surface area contributed by atoms with E-state index in [0.29, 0.717) is 5.56 Å². The molecule has 1 unspecified atom stereocenters. The first kappa shape index (κ1) is 14.5. The number of benzene rings is 1. The third kappa shape index (κ3) is 3.46. The summed E-state index contributed by atoms with van der Waals surface area (Å²) in [4.78, 5) is 22.5. The summed E-state index contributed by atoms with van der Waals surface area (Å²) in [5.41, 5.74) is 6.23. The summed E-state index contributed by atoms with van der Waals surface area (Å²) in [6.07, 6.45) is -0.481. The van der Waals surface area contributed by atoms with E-state index >= 15 is 0 Å². The number of hydrogen-bond acceptors (Lipinski definition) is 4. The van der Waals surface area contributed by atoms with Gasteiger partial charge in [0.2, 0.25) is 0 Å². The van der Waals surface area contributed by atoms with Crippen molar-refractivity contribution in [3.63, 3.8) is 0 Å². The Morgan fingerprint density at radius 1 is 1.44 bits per heavy atom. The van der Waals surface area contributed by atoms with Crippen molar-refractivity contribution in [2.75, 3.05) is 0 Å². The number of rotatable bonds is 5. The Morgan fingerprint density at radius 2 is 2.06 bits per heavy atom. The first-order chi connectivity index (χ1) is 8.32. The monoisotopic (exact) mass is 271 g/mol. The van der Waals surface area contributed by atoms with E-state index in [9.17, 15) is 13.8 Å². The molecule has 4 N–H and O–H groups in total. The van der Waals surface area contributed by atoms with Crippen molar-refractivity contribution < 1.29 is 23.5 Å². The number of hydrogen-bond donors (Lipinski definition) is 3. The minimum Gasteiger partial charge on any atom is -0.481 e. The highest BCUT2D eigenvalue weighted by molar-refractivity contribution is 7.79. The maximum absolute atomic E-state index is 11.9. The van der Waals surface area contributed by atoms with E-state index in [1.54, 1.807) is 6.92 Å². The molecule has 0 aliphatic carbocycles. The average molecular weight is 271 g/mol. The van der Waals surface area contributed by atoms with Gasteiger partial charge in [0.25, 0.3) is 0 Å². The van der Waals surface area contributed by atoms with Crippen LogP contribution in [-0.4, -0.2) is 31.7 Å². The highest BCUT2D eigenvalue weighted by Gasteiger charge is 2.21. The van der Waals surface area contributed by atoms with Crippen LogP contribution in [0.25, 0.3) is 0 Å². The summed E-state index contributed by atoms with van der Waals surface area (Å²) in [5, 5.41) is 8.57. The fraction of sp³-hybridized carbons (Fsp3) is 0.273. The Kier molecular flexibility index (Phi) is 4.71. The van der Waals surface area contributed by atoms with Crippen LogP contribution in [0.15, 0.2) is 23.1 Å². The summed E-state index contributed by atoms with van der Waals surface area (Å²) in [7, 11) is 0. The van der Waals surface area contributed by atoms with Gasteiger partial charge in [0.05, 0.1) is 17.4 Å². The average Bonchev–Trinajstić information content (AvgIpc) is 2.27. The Hall–Kier alpha value is -1.57. The molecule has 2 atom stereocenters. The number of carboxylic acids is 1. The maximum atomic E-state index is 11.9. The van der Waals surface area contributed by atoms with Crippen LogP contribution in [0, 0.1) is 6.92 Å². The predicted octanol–water partition coefficient (Wildman–Crippen LogP) is 0.560. The zero-order chi connectivity index (χ0) is 13.9. The van der Waals surface area contributed by atoms with Crippen LogP contribution < -0.4 is 5.73 Å². The molecule has 1 aromatic carbocycles. The van der Waals surface area contributed by atoms with Gasteiger partial charge >= 0.3 is 5.97 Å². The second-order valence-corrected chi connectivity index (χ2v) is 4.76. The molecule has 1 aromatic rings. The van der Waals surface area contributed by atoms with Gasteiger partial charge in [-0.2, -0.15) is 0 Å². The molecule has 0 amide bonds. The maximum Gasteiger partial charge on any atom is 0.305 e.